The molecule has 0 saturated carbocycles. The Bertz CT molecular complexity index is 577. The molecule has 6 nitrogen and oxygen atoms in total. The van der Waals surface area contributed by atoms with Gasteiger partial charge in [0.05, 0.1) is 11.9 Å². The Kier molecular flexibility index (Phi) is 5.28. The molecule has 0 fully saturated rings. The average Bonchev–Trinajstić information content (AvgIpc) is 2.83. The van der Waals surface area contributed by atoms with Crippen molar-refractivity contribution in [3.8, 4) is 5.75 Å². The zero-order valence-corrected chi connectivity index (χ0v) is 11.6. The minimum absolute atomic E-state index is 0. The number of aromatic amines is 1. The van der Waals surface area contributed by atoms with Gasteiger partial charge in [0, 0.05) is 29.9 Å². The zero-order chi connectivity index (χ0) is 13.8. The van der Waals surface area contributed by atoms with Crippen molar-refractivity contribution in [3.63, 3.8) is 0 Å². The van der Waals surface area contributed by atoms with E-state index in [1.54, 1.807) is 18.6 Å². The van der Waals surface area contributed by atoms with Crippen LogP contribution in [0.4, 0.5) is 0 Å². The van der Waals surface area contributed by atoms with Crippen LogP contribution in [0.5, 0.6) is 5.75 Å². The average molecular weight is 276 g/mol. The topological polar surface area (TPSA) is 119 Å². The molecule has 108 valence electrons. The van der Waals surface area contributed by atoms with Crippen LogP contribution in [0.15, 0.2) is 35.7 Å². The Morgan fingerprint density at radius 3 is 2.80 bits per heavy atom. The molecule has 0 saturated heterocycles. The number of hydrogen-bond acceptors (Lipinski definition) is 3. The summed E-state index contributed by atoms with van der Waals surface area (Å²) in [6.45, 7) is 3.89. The predicted molar refractivity (Wildman–Crippen MR) is 79.0 cm³/mol. The Morgan fingerprint density at radius 2 is 2.20 bits per heavy atom. The summed E-state index contributed by atoms with van der Waals surface area (Å²) in [5, 5.41) is 10.3. The van der Waals surface area contributed by atoms with Gasteiger partial charge in [-0.05, 0) is 19.9 Å². The molecule has 2 rings (SSSR count). The first-order valence-electron chi connectivity index (χ1n) is 6.19. The molecule has 0 radical (unpaired) electrons. The summed E-state index contributed by atoms with van der Waals surface area (Å²) in [4.78, 5) is 11.2. The van der Waals surface area contributed by atoms with Gasteiger partial charge in [0.1, 0.15) is 11.6 Å². The van der Waals surface area contributed by atoms with Crippen LogP contribution in [0.1, 0.15) is 30.7 Å². The third kappa shape index (κ3) is 3.58. The number of aromatic nitrogens is 2. The van der Waals surface area contributed by atoms with E-state index in [9.17, 15) is 5.11 Å². The van der Waals surface area contributed by atoms with Crippen molar-refractivity contribution in [2.75, 3.05) is 0 Å². The van der Waals surface area contributed by atoms with Gasteiger partial charge in [-0.25, -0.2) is 4.98 Å². The minimum Gasteiger partial charge on any atom is -0.507 e. The van der Waals surface area contributed by atoms with Crippen molar-refractivity contribution in [2.24, 2.45) is 10.7 Å². The van der Waals surface area contributed by atoms with Crippen molar-refractivity contribution in [3.05, 3.63) is 47.5 Å². The van der Waals surface area contributed by atoms with Crippen LogP contribution in [0.2, 0.25) is 0 Å². The van der Waals surface area contributed by atoms with Crippen molar-refractivity contribution in [1.29, 1.82) is 0 Å². The smallest absolute Gasteiger partial charge is 0.130 e. The van der Waals surface area contributed by atoms with Gasteiger partial charge in [-0.15, -0.1) is 0 Å². The second-order valence-electron chi connectivity index (χ2n) is 4.68. The fraction of sp³-hybridized carbons (Fsp3) is 0.286. The number of benzene rings is 1. The van der Waals surface area contributed by atoms with Gasteiger partial charge >= 0.3 is 0 Å². The van der Waals surface area contributed by atoms with E-state index < -0.39 is 0 Å². The number of nitrogens with two attached hydrogens (primary N) is 1. The molecule has 0 aliphatic rings. The summed E-state index contributed by atoms with van der Waals surface area (Å²) in [5.41, 5.74) is 8.22. The summed E-state index contributed by atoms with van der Waals surface area (Å²) >= 11 is 0. The normalized spacial score (nSPS) is 11.4. The van der Waals surface area contributed by atoms with Crippen LogP contribution < -0.4 is 5.73 Å². The van der Waals surface area contributed by atoms with Gasteiger partial charge in [0.25, 0.3) is 0 Å². The van der Waals surface area contributed by atoms with Gasteiger partial charge in [-0.2, -0.15) is 0 Å². The number of amidine groups is 1. The van der Waals surface area contributed by atoms with Gasteiger partial charge in [0.15, 0.2) is 0 Å². The van der Waals surface area contributed by atoms with Gasteiger partial charge in [0.2, 0.25) is 0 Å². The summed E-state index contributed by atoms with van der Waals surface area (Å²) in [6.07, 6.45) is 3.93. The largest absolute Gasteiger partial charge is 0.507 e. The van der Waals surface area contributed by atoms with E-state index in [0.29, 0.717) is 17.8 Å². The molecule has 0 amide bonds. The lowest BCUT2D eigenvalue weighted by Gasteiger charge is -2.09. The minimum atomic E-state index is 0. The number of H-pyrrole nitrogens is 1. The second-order valence-corrected chi connectivity index (χ2v) is 4.68. The zero-order valence-electron chi connectivity index (χ0n) is 11.6. The molecule has 0 aliphatic carbocycles. The summed E-state index contributed by atoms with van der Waals surface area (Å²) in [7, 11) is 0. The molecule has 0 atom stereocenters. The first-order valence-corrected chi connectivity index (χ1v) is 6.19. The number of aliphatic imine (C=N–C) groups is 1. The molecule has 1 heterocycles. The standard InChI is InChI=1S/C14H18N4O.H2O/c1-9(2)18-14(15)12-5-3-4-10(13(12)19)6-11-7-16-8-17-11;/h3-5,7-9,19H,6H2,1-2H3,(H2,15,18)(H,16,17);1H2. The molecule has 20 heavy (non-hydrogen) atoms. The number of phenolic OH excluding ortho intramolecular Hbond substituents is 1. The third-order valence-electron chi connectivity index (χ3n) is 2.73. The SMILES string of the molecule is CC(C)N=C(N)c1cccc(Cc2cnc[nH]2)c1O.O. The monoisotopic (exact) mass is 276 g/mol. The lowest BCUT2D eigenvalue weighted by Crippen LogP contribution is -2.16. The highest BCUT2D eigenvalue weighted by Gasteiger charge is 2.11. The van der Waals surface area contributed by atoms with E-state index in [4.69, 9.17) is 5.73 Å². The molecular weight excluding hydrogens is 256 g/mol. The summed E-state index contributed by atoms with van der Waals surface area (Å²) in [5.74, 6) is 0.540. The van der Waals surface area contributed by atoms with Gasteiger partial charge < -0.3 is 21.3 Å². The Balaban J connectivity index is 0.00000200. The lowest BCUT2D eigenvalue weighted by atomic mass is 10.0. The fourth-order valence-corrected chi connectivity index (χ4v) is 1.87. The number of hydrogen-bond donors (Lipinski definition) is 3. The highest BCUT2D eigenvalue weighted by molar-refractivity contribution is 6.00. The van der Waals surface area contributed by atoms with E-state index >= 15 is 0 Å². The van der Waals surface area contributed by atoms with Gasteiger partial charge in [-0.1, -0.05) is 12.1 Å². The van der Waals surface area contributed by atoms with E-state index in [0.717, 1.165) is 11.3 Å². The number of rotatable bonds is 4. The molecule has 1 aromatic heterocycles. The van der Waals surface area contributed by atoms with E-state index in [1.165, 1.54) is 0 Å². The molecular formula is C14H20N4O2. The Hall–Kier alpha value is -2.34. The van der Waals surface area contributed by atoms with Crippen LogP contribution in [-0.4, -0.2) is 32.4 Å². The molecule has 0 bridgehead atoms. The van der Waals surface area contributed by atoms with Crippen LogP contribution in [-0.2, 0) is 6.42 Å². The van der Waals surface area contributed by atoms with Crippen molar-refractivity contribution >= 4 is 5.84 Å². The number of nitrogens with zero attached hydrogens (tertiary/aromatic N) is 2. The summed E-state index contributed by atoms with van der Waals surface area (Å²) in [6, 6.07) is 5.59. The van der Waals surface area contributed by atoms with Crippen molar-refractivity contribution < 1.29 is 10.6 Å². The maximum absolute atomic E-state index is 10.3. The second kappa shape index (κ2) is 6.72. The molecule has 0 aliphatic heterocycles. The van der Waals surface area contributed by atoms with Crippen molar-refractivity contribution in [1.82, 2.24) is 9.97 Å². The van der Waals surface area contributed by atoms with Crippen molar-refractivity contribution in [2.45, 2.75) is 26.3 Å². The Morgan fingerprint density at radius 1 is 1.45 bits per heavy atom. The highest BCUT2D eigenvalue weighted by Crippen LogP contribution is 2.24. The molecule has 2 aromatic rings. The fourth-order valence-electron chi connectivity index (χ4n) is 1.87. The first-order chi connectivity index (χ1) is 9.08. The van der Waals surface area contributed by atoms with Crippen LogP contribution in [0.25, 0.3) is 0 Å². The van der Waals surface area contributed by atoms with Crippen LogP contribution >= 0.6 is 0 Å². The summed E-state index contributed by atoms with van der Waals surface area (Å²) < 4.78 is 0. The number of phenols is 1. The van der Waals surface area contributed by atoms with Crippen LogP contribution in [0.3, 0.4) is 0 Å². The molecule has 6 heteroatoms. The van der Waals surface area contributed by atoms with Crippen LogP contribution in [0, 0.1) is 0 Å². The van der Waals surface area contributed by atoms with E-state index in [2.05, 4.69) is 15.0 Å². The molecule has 6 N–H and O–H groups in total. The number of aromatic hydroxyl groups is 1. The van der Waals surface area contributed by atoms with E-state index in [-0.39, 0.29) is 17.3 Å². The maximum Gasteiger partial charge on any atom is 0.130 e. The predicted octanol–water partition coefficient (Wildman–Crippen LogP) is 0.995. The quantitative estimate of drug-likeness (QED) is 0.570. The molecule has 0 spiro atoms. The molecule has 1 aromatic carbocycles. The first kappa shape index (κ1) is 15.7. The van der Waals surface area contributed by atoms with Gasteiger partial charge in [-0.3, -0.25) is 4.99 Å². The lowest BCUT2D eigenvalue weighted by molar-refractivity contribution is 0.468. The number of imidazole rings is 1. The number of nitrogens with one attached hydrogen (secondary N) is 1. The Labute approximate surface area is 117 Å². The molecule has 0 unspecified atom stereocenters. The highest BCUT2D eigenvalue weighted by atomic mass is 16.3. The maximum atomic E-state index is 10.3. The van der Waals surface area contributed by atoms with E-state index in [1.807, 2.05) is 26.0 Å². The number of para-hydroxylation sites is 1. The third-order valence-corrected chi connectivity index (χ3v) is 2.73.